The Balaban J connectivity index is 1.37. The summed E-state index contributed by atoms with van der Waals surface area (Å²) in [5, 5.41) is 20.1. The van der Waals surface area contributed by atoms with Crippen molar-refractivity contribution in [2.75, 3.05) is 31.1 Å². The Morgan fingerprint density at radius 1 is 0.932 bits per heavy atom. The maximum atomic E-state index is 9.65. The molecule has 7 heteroatoms. The van der Waals surface area contributed by atoms with Gasteiger partial charge in [0.25, 0.3) is 0 Å². The summed E-state index contributed by atoms with van der Waals surface area (Å²) in [4.78, 5) is 9.00. The number of aromatic amines is 1. The van der Waals surface area contributed by atoms with E-state index in [1.807, 2.05) is 28.9 Å². The van der Waals surface area contributed by atoms with Crippen LogP contribution in [0, 0.1) is 11.3 Å². The average molecular weight is 582 g/mol. The molecule has 3 aliphatic rings. The van der Waals surface area contributed by atoms with Crippen LogP contribution >= 0.6 is 0 Å². The second-order valence-corrected chi connectivity index (χ2v) is 13.9. The molecule has 5 aromatic rings. The Morgan fingerprint density at radius 2 is 1.70 bits per heavy atom. The largest absolute Gasteiger partial charge is 0.367 e. The lowest BCUT2D eigenvalue weighted by molar-refractivity contribution is 0.128. The van der Waals surface area contributed by atoms with Gasteiger partial charge in [-0.1, -0.05) is 49.3 Å². The molecular formula is C37H39N7. The molecule has 2 fully saturated rings. The van der Waals surface area contributed by atoms with E-state index in [9.17, 15) is 5.26 Å². The summed E-state index contributed by atoms with van der Waals surface area (Å²) in [5.41, 5.74) is 12.0. The highest BCUT2D eigenvalue weighted by molar-refractivity contribution is 6.02. The summed E-state index contributed by atoms with van der Waals surface area (Å²) in [6.45, 7) is 15.6. The first-order valence-corrected chi connectivity index (χ1v) is 16.0. The minimum atomic E-state index is -0.124. The molecular weight excluding hydrogens is 542 g/mol. The zero-order valence-corrected chi connectivity index (χ0v) is 26.0. The highest BCUT2D eigenvalue weighted by atomic mass is 15.4. The molecule has 7 nitrogen and oxygen atoms in total. The highest BCUT2D eigenvalue weighted by Gasteiger charge is 2.45. The first kappa shape index (κ1) is 27.2. The molecule has 1 spiro atoms. The van der Waals surface area contributed by atoms with Gasteiger partial charge in [-0.25, -0.2) is 4.68 Å². The van der Waals surface area contributed by atoms with Crippen LogP contribution in [0.2, 0.25) is 0 Å². The summed E-state index contributed by atoms with van der Waals surface area (Å²) in [5.74, 6) is 0. The molecule has 8 rings (SSSR count). The standard InChI is InChI=1S/C37H39N7/c1-24-27-21-33(44-31-11-7-6-10-29(31)40-41-44)32(42-16-18-43(19-17-42)36(2,3)4)22-28(27)37(14-8-5-9-15-37)35-34(24)26-13-12-25(23-38)20-30(26)39-35/h6-7,10-13,20-22,39H,1,5,8-9,14-19H2,2-4H3. The fraction of sp³-hybridized carbons (Fsp3) is 0.378. The number of hydrogen-bond acceptors (Lipinski definition) is 5. The number of aromatic nitrogens is 4. The van der Waals surface area contributed by atoms with Crippen molar-refractivity contribution in [1.82, 2.24) is 24.9 Å². The number of hydrogen-bond donors (Lipinski definition) is 1. The zero-order chi connectivity index (χ0) is 30.2. The SMILES string of the molecule is C=C1c2cc(-n3nnc4ccccc43)c(N3CCN(C(C)(C)C)CC3)cc2C2(CCCCC2)c2[nH]c3cc(C#N)ccc3c21. The molecule has 0 bridgehead atoms. The van der Waals surface area contributed by atoms with Gasteiger partial charge in [0.1, 0.15) is 5.52 Å². The number of para-hydroxylation sites is 1. The third kappa shape index (κ3) is 3.97. The van der Waals surface area contributed by atoms with E-state index in [0.29, 0.717) is 5.56 Å². The lowest BCUT2D eigenvalue weighted by atomic mass is 9.61. The van der Waals surface area contributed by atoms with Crippen molar-refractivity contribution in [3.8, 4) is 11.8 Å². The van der Waals surface area contributed by atoms with Gasteiger partial charge in [0.2, 0.25) is 0 Å². The number of nitriles is 1. The predicted octanol–water partition coefficient (Wildman–Crippen LogP) is 7.32. The average Bonchev–Trinajstić information content (AvgIpc) is 3.65. The number of nitrogens with zero attached hydrogens (tertiary/aromatic N) is 6. The quantitative estimate of drug-likeness (QED) is 0.236. The zero-order valence-electron chi connectivity index (χ0n) is 26.0. The van der Waals surface area contributed by atoms with Crippen molar-refractivity contribution in [2.24, 2.45) is 0 Å². The second kappa shape index (κ2) is 9.80. The van der Waals surface area contributed by atoms with Crippen LogP contribution in [0.3, 0.4) is 0 Å². The van der Waals surface area contributed by atoms with Gasteiger partial charge in [-0.2, -0.15) is 5.26 Å². The lowest BCUT2D eigenvalue weighted by Crippen LogP contribution is -2.53. The van der Waals surface area contributed by atoms with Gasteiger partial charge in [0.05, 0.1) is 28.5 Å². The smallest absolute Gasteiger partial charge is 0.113 e. The third-order valence-corrected chi connectivity index (χ3v) is 10.5. The van der Waals surface area contributed by atoms with Crippen LogP contribution in [0.4, 0.5) is 5.69 Å². The molecule has 0 unspecified atom stereocenters. The van der Waals surface area contributed by atoms with Crippen LogP contribution in [0.25, 0.3) is 33.2 Å². The normalized spacial score (nSPS) is 18.5. The summed E-state index contributed by atoms with van der Waals surface area (Å²) >= 11 is 0. The highest BCUT2D eigenvalue weighted by Crippen LogP contribution is 2.56. The molecule has 1 saturated heterocycles. The fourth-order valence-electron chi connectivity index (χ4n) is 8.19. The summed E-state index contributed by atoms with van der Waals surface area (Å²) < 4.78 is 2.03. The van der Waals surface area contributed by atoms with Crippen LogP contribution < -0.4 is 4.90 Å². The Morgan fingerprint density at radius 3 is 2.45 bits per heavy atom. The van der Waals surface area contributed by atoms with Crippen LogP contribution in [-0.2, 0) is 5.41 Å². The van der Waals surface area contributed by atoms with E-state index >= 15 is 0 Å². The number of piperazine rings is 1. The van der Waals surface area contributed by atoms with Crippen LogP contribution in [-0.4, -0.2) is 56.6 Å². The minimum Gasteiger partial charge on any atom is -0.367 e. The van der Waals surface area contributed by atoms with Crippen LogP contribution in [0.1, 0.15) is 80.8 Å². The molecule has 2 aliphatic carbocycles. The third-order valence-electron chi connectivity index (χ3n) is 10.5. The van der Waals surface area contributed by atoms with Crippen molar-refractivity contribution < 1.29 is 0 Å². The molecule has 44 heavy (non-hydrogen) atoms. The van der Waals surface area contributed by atoms with E-state index < -0.39 is 0 Å². The topological polar surface area (TPSA) is 76.8 Å². The van der Waals surface area contributed by atoms with Gasteiger partial charge in [0.15, 0.2) is 0 Å². The van der Waals surface area contributed by atoms with E-state index in [1.54, 1.807) is 0 Å². The number of anilines is 1. The van der Waals surface area contributed by atoms with Gasteiger partial charge in [-0.05, 0) is 86.7 Å². The predicted molar refractivity (Wildman–Crippen MR) is 177 cm³/mol. The van der Waals surface area contributed by atoms with E-state index in [2.05, 4.69) is 77.1 Å². The molecule has 0 radical (unpaired) electrons. The summed E-state index contributed by atoms with van der Waals surface area (Å²) in [6, 6.07) is 21.4. The molecule has 2 aromatic heterocycles. The van der Waals surface area contributed by atoms with Crippen LogP contribution in [0.15, 0.2) is 61.2 Å². The fourth-order valence-corrected chi connectivity index (χ4v) is 8.19. The molecule has 1 N–H and O–H groups in total. The van der Waals surface area contributed by atoms with Crippen LogP contribution in [0.5, 0.6) is 0 Å². The summed E-state index contributed by atoms with van der Waals surface area (Å²) in [6.07, 6.45) is 5.84. The summed E-state index contributed by atoms with van der Waals surface area (Å²) in [7, 11) is 0. The maximum absolute atomic E-state index is 9.65. The first-order chi connectivity index (χ1) is 21.3. The van der Waals surface area contributed by atoms with E-state index in [0.717, 1.165) is 72.2 Å². The van der Waals surface area contributed by atoms with E-state index in [1.165, 1.54) is 47.3 Å². The number of fused-ring (bicyclic) bond motifs is 7. The molecule has 3 heterocycles. The number of rotatable bonds is 2. The number of benzene rings is 3. The minimum absolute atomic E-state index is 0.124. The Bertz CT molecular complexity index is 1980. The Hall–Kier alpha value is -4.41. The first-order valence-electron chi connectivity index (χ1n) is 16.0. The molecule has 0 amide bonds. The van der Waals surface area contributed by atoms with E-state index in [4.69, 9.17) is 11.8 Å². The molecule has 0 atom stereocenters. The Labute approximate surface area is 258 Å². The molecule has 222 valence electrons. The maximum Gasteiger partial charge on any atom is 0.113 e. The van der Waals surface area contributed by atoms with Crippen molar-refractivity contribution >= 4 is 33.2 Å². The molecule has 3 aromatic carbocycles. The van der Waals surface area contributed by atoms with Crippen molar-refractivity contribution in [2.45, 2.75) is 63.8 Å². The van der Waals surface area contributed by atoms with Gasteiger partial charge in [-0.15, -0.1) is 5.10 Å². The van der Waals surface area contributed by atoms with Gasteiger partial charge in [0, 0.05) is 59.3 Å². The number of H-pyrrole nitrogens is 1. The van der Waals surface area contributed by atoms with Gasteiger partial charge < -0.3 is 9.88 Å². The van der Waals surface area contributed by atoms with Crippen molar-refractivity contribution in [3.05, 3.63) is 89.1 Å². The van der Waals surface area contributed by atoms with E-state index in [-0.39, 0.29) is 11.0 Å². The van der Waals surface area contributed by atoms with Gasteiger partial charge in [-0.3, -0.25) is 4.90 Å². The van der Waals surface area contributed by atoms with Crippen molar-refractivity contribution in [1.29, 1.82) is 5.26 Å². The number of nitrogens with one attached hydrogen (secondary N) is 1. The van der Waals surface area contributed by atoms with Gasteiger partial charge >= 0.3 is 0 Å². The lowest BCUT2D eigenvalue weighted by Gasteiger charge is -2.45. The molecule has 1 aliphatic heterocycles. The molecule has 1 saturated carbocycles. The Kier molecular flexibility index (Phi) is 6.05. The van der Waals surface area contributed by atoms with Crippen molar-refractivity contribution in [3.63, 3.8) is 0 Å². The second-order valence-electron chi connectivity index (χ2n) is 13.9. The monoisotopic (exact) mass is 581 g/mol.